The van der Waals surface area contributed by atoms with Gasteiger partial charge in [0.2, 0.25) is 5.91 Å². The van der Waals surface area contributed by atoms with Gasteiger partial charge in [-0.15, -0.1) is 0 Å². The zero-order valence-corrected chi connectivity index (χ0v) is 11.1. The van der Waals surface area contributed by atoms with Gasteiger partial charge in [0.25, 0.3) is 0 Å². The highest BCUT2D eigenvalue weighted by Gasteiger charge is 2.23. The lowest BCUT2D eigenvalue weighted by Crippen LogP contribution is -2.44. The highest BCUT2D eigenvalue weighted by atomic mass is 16.3. The number of nitrogens with zero attached hydrogens (tertiary/aromatic N) is 2. The topological polar surface area (TPSA) is 65.5 Å². The molecule has 1 amide bonds. The number of rotatable bonds is 5. The zero-order valence-electron chi connectivity index (χ0n) is 11.1. The number of carbonyl (C=O) groups excluding carboxylic acids is 1. The fraction of sp³-hybridized carbons (Fsp3) is 0.571. The van der Waals surface area contributed by atoms with Crippen molar-refractivity contribution in [3.8, 4) is 0 Å². The molecule has 1 aliphatic heterocycles. The number of hydrogen-bond donors (Lipinski definition) is 2. The van der Waals surface area contributed by atoms with Crippen LogP contribution in [0.3, 0.4) is 0 Å². The summed E-state index contributed by atoms with van der Waals surface area (Å²) in [6.45, 7) is 1.52. The Kier molecular flexibility index (Phi) is 5.30. The second-order valence-electron chi connectivity index (χ2n) is 4.92. The molecular weight excluding hydrogens is 242 g/mol. The van der Waals surface area contributed by atoms with Crippen LogP contribution in [-0.4, -0.2) is 46.6 Å². The lowest BCUT2D eigenvalue weighted by Gasteiger charge is -2.34. The fourth-order valence-corrected chi connectivity index (χ4v) is 2.56. The summed E-state index contributed by atoms with van der Waals surface area (Å²) in [5.41, 5.74) is 0.774. The van der Waals surface area contributed by atoms with Crippen molar-refractivity contribution in [3.63, 3.8) is 0 Å². The molecule has 1 unspecified atom stereocenters. The third-order valence-corrected chi connectivity index (χ3v) is 3.52. The van der Waals surface area contributed by atoms with Gasteiger partial charge in [-0.1, -0.05) is 6.42 Å². The van der Waals surface area contributed by atoms with Crippen molar-refractivity contribution < 1.29 is 9.90 Å². The van der Waals surface area contributed by atoms with Crippen LogP contribution in [0.4, 0.5) is 5.69 Å². The summed E-state index contributed by atoms with van der Waals surface area (Å²) in [5, 5.41) is 11.9. The van der Waals surface area contributed by atoms with Gasteiger partial charge in [0.1, 0.15) is 0 Å². The lowest BCUT2D eigenvalue weighted by atomic mass is 10.00. The van der Waals surface area contributed by atoms with E-state index < -0.39 is 0 Å². The monoisotopic (exact) mass is 263 g/mol. The molecule has 1 aromatic rings. The van der Waals surface area contributed by atoms with Gasteiger partial charge >= 0.3 is 0 Å². The van der Waals surface area contributed by atoms with Gasteiger partial charge in [0, 0.05) is 30.7 Å². The van der Waals surface area contributed by atoms with E-state index >= 15 is 0 Å². The lowest BCUT2D eigenvalue weighted by molar-refractivity contribution is -0.118. The number of hydrogen-bond acceptors (Lipinski definition) is 4. The maximum atomic E-state index is 12.0. The number of aliphatic hydroxyl groups is 1. The Hall–Kier alpha value is -1.46. The van der Waals surface area contributed by atoms with E-state index in [1.165, 1.54) is 6.42 Å². The molecule has 2 rings (SSSR count). The summed E-state index contributed by atoms with van der Waals surface area (Å²) in [5.74, 6) is -0.00367. The van der Waals surface area contributed by atoms with Crippen LogP contribution in [0.15, 0.2) is 24.5 Å². The molecule has 0 bridgehead atoms. The van der Waals surface area contributed by atoms with Crippen LogP contribution in [0.1, 0.15) is 25.7 Å². The Morgan fingerprint density at radius 3 is 2.95 bits per heavy atom. The van der Waals surface area contributed by atoms with E-state index in [-0.39, 0.29) is 12.5 Å². The molecule has 0 radical (unpaired) electrons. The molecule has 0 aliphatic carbocycles. The van der Waals surface area contributed by atoms with Gasteiger partial charge < -0.3 is 10.4 Å². The van der Waals surface area contributed by atoms with Gasteiger partial charge in [-0.3, -0.25) is 14.7 Å². The number of amides is 1. The molecule has 19 heavy (non-hydrogen) atoms. The van der Waals surface area contributed by atoms with Crippen molar-refractivity contribution in [2.75, 3.05) is 25.0 Å². The van der Waals surface area contributed by atoms with Crippen LogP contribution in [0, 0.1) is 0 Å². The number of piperidine rings is 1. The Balaban J connectivity index is 1.86. The van der Waals surface area contributed by atoms with Gasteiger partial charge in [-0.2, -0.15) is 0 Å². The third kappa shape index (κ3) is 4.29. The molecule has 2 N–H and O–H groups in total. The predicted octanol–water partition coefficient (Wildman–Crippen LogP) is 1.26. The Morgan fingerprint density at radius 2 is 2.21 bits per heavy atom. The van der Waals surface area contributed by atoms with Crippen LogP contribution < -0.4 is 5.32 Å². The molecule has 2 heterocycles. The first-order valence-electron chi connectivity index (χ1n) is 6.84. The number of aliphatic hydroxyl groups excluding tert-OH is 1. The molecular formula is C14H21N3O2. The number of anilines is 1. The van der Waals surface area contributed by atoms with Gasteiger partial charge in [0.15, 0.2) is 0 Å². The first kappa shape index (κ1) is 14.0. The van der Waals surface area contributed by atoms with Gasteiger partial charge in [-0.25, -0.2) is 0 Å². The van der Waals surface area contributed by atoms with E-state index in [1.807, 2.05) is 0 Å². The zero-order chi connectivity index (χ0) is 13.5. The minimum atomic E-state index is -0.00367. The molecule has 1 aliphatic rings. The minimum Gasteiger partial charge on any atom is -0.396 e. The van der Waals surface area contributed by atoms with E-state index in [2.05, 4.69) is 15.2 Å². The fourth-order valence-electron chi connectivity index (χ4n) is 2.56. The average Bonchev–Trinajstić information content (AvgIpc) is 2.42. The summed E-state index contributed by atoms with van der Waals surface area (Å²) in [6, 6.07) is 3.89. The smallest absolute Gasteiger partial charge is 0.238 e. The van der Waals surface area contributed by atoms with E-state index in [0.29, 0.717) is 12.6 Å². The Morgan fingerprint density at radius 1 is 1.42 bits per heavy atom. The van der Waals surface area contributed by atoms with E-state index in [0.717, 1.165) is 31.5 Å². The summed E-state index contributed by atoms with van der Waals surface area (Å²) in [4.78, 5) is 18.1. The van der Waals surface area contributed by atoms with Crippen molar-refractivity contribution in [2.24, 2.45) is 0 Å². The molecule has 1 fully saturated rings. The predicted molar refractivity (Wildman–Crippen MR) is 73.8 cm³/mol. The molecule has 104 valence electrons. The first-order valence-corrected chi connectivity index (χ1v) is 6.84. The van der Waals surface area contributed by atoms with Crippen molar-refractivity contribution in [2.45, 2.75) is 31.7 Å². The highest BCUT2D eigenvalue weighted by molar-refractivity contribution is 5.92. The SMILES string of the molecule is O=C(CN1CCCCC1CCO)Nc1ccncc1. The third-order valence-electron chi connectivity index (χ3n) is 3.52. The van der Waals surface area contributed by atoms with E-state index in [4.69, 9.17) is 5.11 Å². The first-order chi connectivity index (χ1) is 9.29. The minimum absolute atomic E-state index is 0.00367. The molecule has 1 atom stereocenters. The van der Waals surface area contributed by atoms with Crippen LogP contribution in [-0.2, 0) is 4.79 Å². The highest BCUT2D eigenvalue weighted by Crippen LogP contribution is 2.19. The van der Waals surface area contributed by atoms with E-state index in [9.17, 15) is 4.79 Å². The van der Waals surface area contributed by atoms with Crippen molar-refractivity contribution in [3.05, 3.63) is 24.5 Å². The molecule has 0 spiro atoms. The summed E-state index contributed by atoms with van der Waals surface area (Å²) in [7, 11) is 0. The van der Waals surface area contributed by atoms with Crippen LogP contribution in [0.2, 0.25) is 0 Å². The molecule has 5 heteroatoms. The molecule has 0 aromatic carbocycles. The van der Waals surface area contributed by atoms with Gasteiger partial charge in [-0.05, 0) is 37.9 Å². The number of pyridine rings is 1. The van der Waals surface area contributed by atoms with Crippen molar-refractivity contribution >= 4 is 11.6 Å². The number of carbonyl (C=O) groups is 1. The summed E-state index contributed by atoms with van der Waals surface area (Å²) < 4.78 is 0. The number of likely N-dealkylation sites (tertiary alicyclic amines) is 1. The molecule has 1 saturated heterocycles. The number of aromatic nitrogens is 1. The normalized spacial score (nSPS) is 20.2. The van der Waals surface area contributed by atoms with E-state index in [1.54, 1.807) is 24.5 Å². The maximum Gasteiger partial charge on any atom is 0.238 e. The molecule has 0 saturated carbocycles. The molecule has 1 aromatic heterocycles. The second-order valence-corrected chi connectivity index (χ2v) is 4.92. The Bertz CT molecular complexity index is 395. The van der Waals surface area contributed by atoms with Gasteiger partial charge in [0.05, 0.1) is 6.54 Å². The summed E-state index contributed by atoms with van der Waals surface area (Å²) >= 11 is 0. The molecule has 5 nitrogen and oxygen atoms in total. The second kappa shape index (κ2) is 7.21. The maximum absolute atomic E-state index is 12.0. The standard InChI is InChI=1S/C14H21N3O2/c18-10-6-13-3-1-2-9-17(13)11-14(19)16-12-4-7-15-8-5-12/h4-5,7-8,13,18H,1-3,6,9-11H2,(H,15,16,19). The van der Waals surface area contributed by atoms with Crippen LogP contribution in [0.5, 0.6) is 0 Å². The van der Waals surface area contributed by atoms with Crippen LogP contribution >= 0.6 is 0 Å². The Labute approximate surface area is 113 Å². The largest absolute Gasteiger partial charge is 0.396 e. The van der Waals surface area contributed by atoms with Crippen LogP contribution in [0.25, 0.3) is 0 Å². The van der Waals surface area contributed by atoms with Crippen molar-refractivity contribution in [1.29, 1.82) is 0 Å². The quantitative estimate of drug-likeness (QED) is 0.839. The average molecular weight is 263 g/mol. The number of nitrogens with one attached hydrogen (secondary N) is 1. The van der Waals surface area contributed by atoms with Crippen molar-refractivity contribution in [1.82, 2.24) is 9.88 Å². The summed E-state index contributed by atoms with van der Waals surface area (Å²) in [6.07, 6.45) is 7.46.